The van der Waals surface area contributed by atoms with E-state index in [1.807, 2.05) is 0 Å². The van der Waals surface area contributed by atoms with Crippen LogP contribution in [0, 0.1) is 15.5 Å². The number of nitrogens with one attached hydrogen (secondary N) is 1. The molecule has 1 fully saturated rings. The van der Waals surface area contributed by atoms with Crippen molar-refractivity contribution in [3.8, 4) is 0 Å². The van der Waals surface area contributed by atoms with Crippen molar-refractivity contribution in [3.05, 3.63) is 28.3 Å². The number of anilines is 1. The summed E-state index contributed by atoms with van der Waals surface area (Å²) < 4.78 is -0.421. The van der Waals surface area contributed by atoms with Gasteiger partial charge >= 0.3 is 0 Å². The van der Waals surface area contributed by atoms with Gasteiger partial charge in [-0.3, -0.25) is 14.9 Å². The van der Waals surface area contributed by atoms with Crippen LogP contribution >= 0.6 is 34.5 Å². The molecule has 1 saturated carbocycles. The third kappa shape index (κ3) is 2.35. The number of alkyl halides is 2. The van der Waals surface area contributed by atoms with Gasteiger partial charge < -0.3 is 5.32 Å². The molecule has 0 spiro atoms. The van der Waals surface area contributed by atoms with Gasteiger partial charge in [0, 0.05) is 12.1 Å². The van der Waals surface area contributed by atoms with E-state index in [2.05, 4.69) is 10.3 Å². The number of benzene rings is 1. The van der Waals surface area contributed by atoms with Gasteiger partial charge in [0.05, 0.1) is 20.6 Å². The van der Waals surface area contributed by atoms with Gasteiger partial charge in [0.2, 0.25) is 5.91 Å². The first kappa shape index (κ1) is 14.5. The van der Waals surface area contributed by atoms with Crippen molar-refractivity contribution in [3.63, 3.8) is 0 Å². The highest BCUT2D eigenvalue weighted by molar-refractivity contribution is 7.22. The van der Waals surface area contributed by atoms with Gasteiger partial charge in [0.15, 0.2) is 5.13 Å². The molecule has 0 saturated heterocycles. The zero-order valence-corrected chi connectivity index (χ0v) is 13.1. The highest BCUT2D eigenvalue weighted by Gasteiger charge is 2.68. The number of thiazole rings is 1. The first-order valence-electron chi connectivity index (χ1n) is 5.97. The average Bonchev–Trinajstić information content (AvgIpc) is 2.76. The van der Waals surface area contributed by atoms with Crippen LogP contribution in [0.25, 0.3) is 10.2 Å². The van der Waals surface area contributed by atoms with E-state index in [0.717, 1.165) is 0 Å². The number of hydrogen-bond acceptors (Lipinski definition) is 5. The van der Waals surface area contributed by atoms with Crippen molar-refractivity contribution in [2.45, 2.75) is 17.7 Å². The second kappa shape index (κ2) is 4.53. The molecule has 110 valence electrons. The van der Waals surface area contributed by atoms with Crippen molar-refractivity contribution in [2.75, 3.05) is 5.32 Å². The Hall–Kier alpha value is -1.44. The Bertz CT molecular complexity index is 776. The fourth-order valence-electron chi connectivity index (χ4n) is 1.96. The Balaban J connectivity index is 1.85. The molecular formula is C12H9Cl2N3O3S. The molecule has 1 aliphatic rings. The van der Waals surface area contributed by atoms with Gasteiger partial charge in [-0.2, -0.15) is 0 Å². The maximum atomic E-state index is 12.1. The summed E-state index contributed by atoms with van der Waals surface area (Å²) in [7, 11) is 0. The van der Waals surface area contributed by atoms with Crippen LogP contribution in [0.2, 0.25) is 0 Å². The van der Waals surface area contributed by atoms with Gasteiger partial charge in [-0.15, -0.1) is 23.2 Å². The molecule has 9 heteroatoms. The summed E-state index contributed by atoms with van der Waals surface area (Å²) in [6.45, 7) is 1.68. The number of non-ortho nitro benzene ring substituents is 1. The molecular weight excluding hydrogens is 337 g/mol. The molecule has 2 aromatic rings. The van der Waals surface area contributed by atoms with Crippen LogP contribution in [0.1, 0.15) is 13.3 Å². The van der Waals surface area contributed by atoms with Gasteiger partial charge in [0.25, 0.3) is 5.69 Å². The van der Waals surface area contributed by atoms with Gasteiger partial charge in [0.1, 0.15) is 4.33 Å². The van der Waals surface area contributed by atoms with Crippen molar-refractivity contribution >= 4 is 61.5 Å². The number of rotatable bonds is 3. The number of nitro benzene ring substituents is 1. The first-order chi connectivity index (χ1) is 9.73. The summed E-state index contributed by atoms with van der Waals surface area (Å²) in [5.41, 5.74) is -0.261. The Morgan fingerprint density at radius 3 is 2.76 bits per heavy atom. The number of amides is 1. The lowest BCUT2D eigenvalue weighted by Crippen LogP contribution is -2.25. The molecule has 3 rings (SSSR count). The maximum Gasteiger partial charge on any atom is 0.270 e. The molecule has 1 aromatic heterocycles. The second-order valence-corrected chi connectivity index (χ2v) is 7.61. The van der Waals surface area contributed by atoms with Gasteiger partial charge in [-0.05, 0) is 19.4 Å². The number of hydrogen-bond donors (Lipinski definition) is 1. The highest BCUT2D eigenvalue weighted by Crippen LogP contribution is 2.64. The van der Waals surface area contributed by atoms with E-state index in [1.54, 1.807) is 13.0 Å². The molecule has 1 aliphatic carbocycles. The van der Waals surface area contributed by atoms with Crippen LogP contribution in [0.5, 0.6) is 0 Å². The molecule has 1 amide bonds. The molecule has 1 N–H and O–H groups in total. The van der Waals surface area contributed by atoms with Gasteiger partial charge in [-0.25, -0.2) is 4.98 Å². The standard InChI is InChI=1S/C12H9Cl2N3O3S/c1-11(5-12(11,13)14)9(18)16-10-15-7-3-2-6(17(19)20)4-8(7)21-10/h2-4H,5H2,1H3,(H,15,16,18)/t11-/m0/s1. The lowest BCUT2D eigenvalue weighted by molar-refractivity contribution is -0.384. The SMILES string of the molecule is C[C@@]1(C(=O)Nc2nc3ccc([N+](=O)[O-])cc3s2)CC1(Cl)Cl. The molecule has 0 bridgehead atoms. The number of nitro groups is 1. The van der Waals surface area contributed by atoms with Crippen LogP contribution in [0.3, 0.4) is 0 Å². The van der Waals surface area contributed by atoms with E-state index in [-0.39, 0.29) is 11.6 Å². The molecule has 0 aliphatic heterocycles. The minimum absolute atomic E-state index is 0.0151. The van der Waals surface area contributed by atoms with E-state index < -0.39 is 14.7 Å². The predicted octanol–water partition coefficient (Wildman–Crippen LogP) is 3.73. The lowest BCUT2D eigenvalue weighted by atomic mass is 10.1. The molecule has 1 aromatic carbocycles. The van der Waals surface area contributed by atoms with E-state index in [4.69, 9.17) is 23.2 Å². The number of aromatic nitrogens is 1. The third-order valence-corrected chi connectivity index (χ3v) is 5.60. The molecule has 6 nitrogen and oxygen atoms in total. The topological polar surface area (TPSA) is 85.1 Å². The minimum Gasteiger partial charge on any atom is -0.301 e. The molecule has 0 radical (unpaired) electrons. The Kier molecular flexibility index (Phi) is 3.12. The zero-order valence-electron chi connectivity index (χ0n) is 10.7. The lowest BCUT2D eigenvalue weighted by Gasteiger charge is -2.10. The van der Waals surface area contributed by atoms with Crippen LogP contribution in [0.15, 0.2) is 18.2 Å². The number of fused-ring (bicyclic) bond motifs is 1. The van der Waals surface area contributed by atoms with Crippen LogP contribution in [0.4, 0.5) is 10.8 Å². The average molecular weight is 346 g/mol. The summed E-state index contributed by atoms with van der Waals surface area (Å²) in [6, 6.07) is 4.35. The Morgan fingerprint density at radius 1 is 1.52 bits per heavy atom. The summed E-state index contributed by atoms with van der Waals surface area (Å²) in [4.78, 5) is 26.6. The fourth-order valence-corrected chi connectivity index (χ4v) is 3.56. The van der Waals surface area contributed by atoms with E-state index in [0.29, 0.717) is 21.8 Å². The quantitative estimate of drug-likeness (QED) is 0.521. The normalized spacial score (nSPS) is 23.0. The Labute approximate surface area is 133 Å². The predicted molar refractivity (Wildman–Crippen MR) is 82.1 cm³/mol. The molecule has 1 atom stereocenters. The van der Waals surface area contributed by atoms with Crippen molar-refractivity contribution < 1.29 is 9.72 Å². The summed E-state index contributed by atoms with van der Waals surface area (Å²) >= 11 is 13.1. The largest absolute Gasteiger partial charge is 0.301 e. The molecule has 1 heterocycles. The number of carbonyl (C=O) groups excluding carboxylic acids is 1. The maximum absolute atomic E-state index is 12.1. The zero-order chi connectivity index (χ0) is 15.4. The van der Waals surface area contributed by atoms with Gasteiger partial charge in [-0.1, -0.05) is 11.3 Å². The summed E-state index contributed by atoms with van der Waals surface area (Å²) in [5, 5.41) is 13.8. The summed E-state index contributed by atoms with van der Waals surface area (Å²) in [5.74, 6) is -0.305. The van der Waals surface area contributed by atoms with Crippen LogP contribution in [-0.4, -0.2) is 20.1 Å². The monoisotopic (exact) mass is 345 g/mol. The number of nitrogens with zero attached hydrogens (tertiary/aromatic N) is 2. The first-order valence-corrected chi connectivity index (χ1v) is 7.54. The van der Waals surface area contributed by atoms with E-state index in [1.165, 1.54) is 23.5 Å². The fraction of sp³-hybridized carbons (Fsp3) is 0.333. The van der Waals surface area contributed by atoms with Crippen LogP contribution in [-0.2, 0) is 4.79 Å². The smallest absolute Gasteiger partial charge is 0.270 e. The van der Waals surface area contributed by atoms with Crippen molar-refractivity contribution in [1.29, 1.82) is 0 Å². The van der Waals surface area contributed by atoms with Crippen molar-refractivity contribution in [2.24, 2.45) is 5.41 Å². The number of carbonyl (C=O) groups is 1. The summed E-state index contributed by atoms with van der Waals surface area (Å²) in [6.07, 6.45) is 0.380. The molecule has 21 heavy (non-hydrogen) atoms. The Morgan fingerprint density at radius 2 is 2.19 bits per heavy atom. The minimum atomic E-state index is -1.05. The highest BCUT2D eigenvalue weighted by atomic mass is 35.5. The second-order valence-electron chi connectivity index (χ2n) is 5.10. The third-order valence-electron chi connectivity index (χ3n) is 3.56. The van der Waals surface area contributed by atoms with E-state index >= 15 is 0 Å². The van der Waals surface area contributed by atoms with Crippen molar-refractivity contribution in [1.82, 2.24) is 4.98 Å². The van der Waals surface area contributed by atoms with Crippen LogP contribution < -0.4 is 5.32 Å². The van der Waals surface area contributed by atoms with E-state index in [9.17, 15) is 14.9 Å². The number of halogens is 2. The molecule has 0 unspecified atom stereocenters.